The fourth-order valence-corrected chi connectivity index (χ4v) is 3.11. The largest absolute Gasteiger partial charge is 0.492 e. The maximum absolute atomic E-state index is 12.7. The minimum absolute atomic E-state index is 0.0645. The van der Waals surface area contributed by atoms with Crippen LogP contribution in [0.5, 0.6) is 5.75 Å². The van der Waals surface area contributed by atoms with E-state index in [9.17, 15) is 14.4 Å². The van der Waals surface area contributed by atoms with Gasteiger partial charge in [-0.25, -0.2) is 0 Å². The lowest BCUT2D eigenvalue weighted by Crippen LogP contribution is -2.28. The maximum Gasteiger partial charge on any atom is 0.229 e. The van der Waals surface area contributed by atoms with Crippen LogP contribution in [-0.2, 0) is 9.59 Å². The number of benzene rings is 2. The van der Waals surface area contributed by atoms with Crippen molar-refractivity contribution in [3.8, 4) is 5.75 Å². The molecular formula is C21H22N2O4. The summed E-state index contributed by atoms with van der Waals surface area (Å²) in [6.45, 7) is 4.14. The van der Waals surface area contributed by atoms with Gasteiger partial charge in [-0.3, -0.25) is 14.4 Å². The Balaban J connectivity index is 1.73. The summed E-state index contributed by atoms with van der Waals surface area (Å²) in [4.78, 5) is 38.2. The van der Waals surface area contributed by atoms with Crippen molar-refractivity contribution in [2.45, 2.75) is 20.3 Å². The highest BCUT2D eigenvalue weighted by atomic mass is 16.5. The van der Waals surface area contributed by atoms with Crippen LogP contribution in [-0.4, -0.2) is 30.7 Å². The number of nitrogens with zero attached hydrogens (tertiary/aromatic N) is 1. The van der Waals surface area contributed by atoms with Crippen LogP contribution in [0.1, 0.15) is 30.6 Å². The Kier molecular flexibility index (Phi) is 5.54. The molecule has 27 heavy (non-hydrogen) atoms. The van der Waals surface area contributed by atoms with E-state index in [-0.39, 0.29) is 30.6 Å². The monoisotopic (exact) mass is 366 g/mol. The lowest BCUT2D eigenvalue weighted by molar-refractivity contribution is -0.122. The van der Waals surface area contributed by atoms with Crippen molar-refractivity contribution in [1.82, 2.24) is 0 Å². The number of Topliss-reactive ketones (excluding diaryl/α,β-unsaturated/α-hetero) is 1. The molecule has 0 saturated carbocycles. The molecule has 0 aromatic heterocycles. The molecular weight excluding hydrogens is 344 g/mol. The van der Waals surface area contributed by atoms with E-state index in [0.29, 0.717) is 29.3 Å². The fraction of sp³-hybridized carbons (Fsp3) is 0.286. The standard InChI is InChI=1S/C21H22N2O4/c1-3-27-19-10-5-4-9-18(19)22-21(26)16-12-20(25)23(13-16)17-8-6-7-15(11-17)14(2)24/h4-11,16H,3,12-13H2,1-2H3,(H,22,26). The molecule has 0 aliphatic carbocycles. The highest BCUT2D eigenvalue weighted by molar-refractivity contribution is 6.04. The van der Waals surface area contributed by atoms with E-state index in [1.807, 2.05) is 19.1 Å². The van der Waals surface area contributed by atoms with Gasteiger partial charge in [-0.05, 0) is 38.1 Å². The third-order valence-corrected chi connectivity index (χ3v) is 4.50. The first kappa shape index (κ1) is 18.6. The molecule has 6 heteroatoms. The highest BCUT2D eigenvalue weighted by Crippen LogP contribution is 2.29. The van der Waals surface area contributed by atoms with Crippen molar-refractivity contribution in [1.29, 1.82) is 0 Å². The number of ether oxygens (including phenoxy) is 1. The number of nitrogens with one attached hydrogen (secondary N) is 1. The Morgan fingerprint density at radius 2 is 1.96 bits per heavy atom. The van der Waals surface area contributed by atoms with Gasteiger partial charge >= 0.3 is 0 Å². The van der Waals surface area contributed by atoms with Crippen molar-refractivity contribution < 1.29 is 19.1 Å². The molecule has 140 valence electrons. The van der Waals surface area contributed by atoms with Crippen molar-refractivity contribution in [2.24, 2.45) is 5.92 Å². The van der Waals surface area contributed by atoms with E-state index in [0.717, 1.165) is 0 Å². The summed E-state index contributed by atoms with van der Waals surface area (Å²) in [5.41, 5.74) is 1.77. The van der Waals surface area contributed by atoms with Gasteiger partial charge in [0.05, 0.1) is 18.2 Å². The summed E-state index contributed by atoms with van der Waals surface area (Å²) in [6.07, 6.45) is 0.132. The van der Waals surface area contributed by atoms with Crippen LogP contribution in [0, 0.1) is 5.92 Å². The van der Waals surface area contributed by atoms with Gasteiger partial charge in [0.2, 0.25) is 11.8 Å². The average Bonchev–Trinajstić information content (AvgIpc) is 3.05. The van der Waals surface area contributed by atoms with E-state index in [2.05, 4.69) is 5.32 Å². The number of hydrogen-bond donors (Lipinski definition) is 1. The molecule has 1 fully saturated rings. The molecule has 0 radical (unpaired) electrons. The Labute approximate surface area is 158 Å². The average molecular weight is 366 g/mol. The first-order valence-corrected chi connectivity index (χ1v) is 8.93. The highest BCUT2D eigenvalue weighted by Gasteiger charge is 2.35. The van der Waals surface area contributed by atoms with Crippen LogP contribution in [0.25, 0.3) is 0 Å². The number of hydrogen-bond acceptors (Lipinski definition) is 4. The molecule has 3 rings (SSSR count). The van der Waals surface area contributed by atoms with Crippen LogP contribution in [0.2, 0.25) is 0 Å². The minimum atomic E-state index is -0.465. The van der Waals surface area contributed by atoms with E-state index in [1.54, 1.807) is 41.3 Å². The SMILES string of the molecule is CCOc1ccccc1NC(=O)C1CC(=O)N(c2cccc(C(C)=O)c2)C1. The zero-order chi connectivity index (χ0) is 19.4. The third kappa shape index (κ3) is 4.16. The number of ketones is 1. The van der Waals surface area contributed by atoms with Crippen molar-refractivity contribution >= 4 is 29.0 Å². The summed E-state index contributed by atoms with van der Waals surface area (Å²) >= 11 is 0. The molecule has 1 aliphatic rings. The second-order valence-electron chi connectivity index (χ2n) is 6.43. The number of anilines is 2. The van der Waals surface area contributed by atoms with Gasteiger partial charge in [-0.1, -0.05) is 24.3 Å². The predicted molar refractivity (Wildman–Crippen MR) is 103 cm³/mol. The van der Waals surface area contributed by atoms with Crippen LogP contribution in [0.3, 0.4) is 0 Å². The Bertz CT molecular complexity index is 878. The molecule has 1 saturated heterocycles. The van der Waals surface area contributed by atoms with Crippen LogP contribution in [0.15, 0.2) is 48.5 Å². The van der Waals surface area contributed by atoms with Crippen molar-refractivity contribution in [2.75, 3.05) is 23.4 Å². The molecule has 1 atom stereocenters. The number of carbonyl (C=O) groups is 3. The summed E-state index contributed by atoms with van der Waals surface area (Å²) in [5.74, 6) is -0.281. The Morgan fingerprint density at radius 3 is 2.70 bits per heavy atom. The number of carbonyl (C=O) groups excluding carboxylic acids is 3. The van der Waals surface area contributed by atoms with Crippen LogP contribution >= 0.6 is 0 Å². The fourth-order valence-electron chi connectivity index (χ4n) is 3.11. The summed E-state index contributed by atoms with van der Waals surface area (Å²) in [5, 5.41) is 2.86. The lowest BCUT2D eigenvalue weighted by Gasteiger charge is -2.18. The van der Waals surface area contributed by atoms with Gasteiger partial charge in [0.1, 0.15) is 5.75 Å². The van der Waals surface area contributed by atoms with Crippen LogP contribution in [0.4, 0.5) is 11.4 Å². The van der Waals surface area contributed by atoms with E-state index in [4.69, 9.17) is 4.74 Å². The first-order chi connectivity index (χ1) is 13.0. The summed E-state index contributed by atoms with van der Waals surface area (Å²) in [6, 6.07) is 14.1. The van der Waals surface area contributed by atoms with Crippen molar-refractivity contribution in [3.05, 3.63) is 54.1 Å². The van der Waals surface area contributed by atoms with Gasteiger partial charge in [-0.15, -0.1) is 0 Å². The number of amides is 2. The summed E-state index contributed by atoms with van der Waals surface area (Å²) in [7, 11) is 0. The molecule has 1 aliphatic heterocycles. The molecule has 1 N–H and O–H groups in total. The maximum atomic E-state index is 12.7. The van der Waals surface area contributed by atoms with Gasteiger partial charge in [0.25, 0.3) is 0 Å². The van der Waals surface area contributed by atoms with Gasteiger partial charge in [0.15, 0.2) is 5.78 Å². The van der Waals surface area contributed by atoms with E-state index in [1.165, 1.54) is 6.92 Å². The molecule has 2 amide bonds. The second-order valence-corrected chi connectivity index (χ2v) is 6.43. The molecule has 0 bridgehead atoms. The Morgan fingerprint density at radius 1 is 1.19 bits per heavy atom. The number of para-hydroxylation sites is 2. The summed E-state index contributed by atoms with van der Waals surface area (Å²) < 4.78 is 5.52. The third-order valence-electron chi connectivity index (χ3n) is 4.50. The van der Waals surface area contributed by atoms with E-state index < -0.39 is 5.92 Å². The lowest BCUT2D eigenvalue weighted by atomic mass is 10.1. The van der Waals surface area contributed by atoms with Crippen molar-refractivity contribution in [3.63, 3.8) is 0 Å². The van der Waals surface area contributed by atoms with Gasteiger partial charge < -0.3 is 15.0 Å². The molecule has 0 spiro atoms. The first-order valence-electron chi connectivity index (χ1n) is 8.93. The predicted octanol–water partition coefficient (Wildman–Crippen LogP) is 3.28. The van der Waals surface area contributed by atoms with Gasteiger partial charge in [0, 0.05) is 24.2 Å². The molecule has 2 aromatic carbocycles. The second kappa shape index (κ2) is 8.03. The normalized spacial score (nSPS) is 16.3. The minimum Gasteiger partial charge on any atom is -0.492 e. The topological polar surface area (TPSA) is 75.7 Å². The molecule has 1 unspecified atom stereocenters. The smallest absolute Gasteiger partial charge is 0.229 e. The zero-order valence-corrected chi connectivity index (χ0v) is 15.4. The van der Waals surface area contributed by atoms with Gasteiger partial charge in [-0.2, -0.15) is 0 Å². The number of rotatable bonds is 6. The zero-order valence-electron chi connectivity index (χ0n) is 15.4. The molecule has 2 aromatic rings. The van der Waals surface area contributed by atoms with E-state index >= 15 is 0 Å². The van der Waals surface area contributed by atoms with Crippen LogP contribution < -0.4 is 15.0 Å². The quantitative estimate of drug-likeness (QED) is 0.796. The Hall–Kier alpha value is -3.15. The molecule has 1 heterocycles. The molecule has 6 nitrogen and oxygen atoms in total.